The third-order valence-electron chi connectivity index (χ3n) is 0. The maximum atomic E-state index is 0. The fourth-order valence-electron chi connectivity index (χ4n) is 0. The van der Waals surface area contributed by atoms with E-state index in [4.69, 9.17) is 0 Å². The first-order chi connectivity index (χ1) is 0. The molecule has 0 aromatic rings. The molecule has 6 heteroatoms. The number of rotatable bonds is 0. The normalized spacial score (nSPS) is 0. The van der Waals surface area contributed by atoms with Crippen LogP contribution in [0, 0.1) is 0 Å². The van der Waals surface area contributed by atoms with Crippen LogP contribution in [0.25, 0.3) is 0 Å². The van der Waals surface area contributed by atoms with Crippen molar-refractivity contribution in [3.8, 4) is 0 Å². The molecule has 0 saturated carbocycles. The van der Waals surface area contributed by atoms with Crippen LogP contribution in [0.1, 0.15) is 0 Å². The van der Waals surface area contributed by atoms with Crippen molar-refractivity contribution in [2.24, 2.45) is 0 Å². The molecule has 0 aromatic heterocycles. The standard InChI is InChI=1S/ClH.Fe.Mg.2H2O.O/h1H;;;2*1H2;/q;2*+2;;;-2/p-2. The monoisotopic (exact) mass is 166 g/mol. The molecular formula is H3ClFeMgO3. The van der Waals surface area contributed by atoms with Gasteiger partial charge in [0, 0.05) is 0 Å². The summed E-state index contributed by atoms with van der Waals surface area (Å²) in [5.74, 6) is 0. The molecule has 0 aliphatic rings. The van der Waals surface area contributed by atoms with Gasteiger partial charge in [0.2, 0.25) is 0 Å². The van der Waals surface area contributed by atoms with Gasteiger partial charge in [-0.05, 0) is 0 Å². The van der Waals surface area contributed by atoms with Crippen molar-refractivity contribution >= 4 is 23.1 Å². The number of hydrogen-bond acceptors (Lipinski definition) is 1. The zero-order valence-corrected chi connectivity index (χ0v) is 6.07. The van der Waals surface area contributed by atoms with Crippen LogP contribution in [-0.2, 0) is 22.5 Å². The van der Waals surface area contributed by atoms with Crippen LogP contribution < -0.4 is 12.4 Å². The summed E-state index contributed by atoms with van der Waals surface area (Å²) in [5.41, 5.74) is 0. The quantitative estimate of drug-likeness (QED) is 0.334. The summed E-state index contributed by atoms with van der Waals surface area (Å²) >= 11 is 0. The van der Waals surface area contributed by atoms with E-state index in [1.165, 1.54) is 0 Å². The van der Waals surface area contributed by atoms with Gasteiger partial charge in [-0.2, -0.15) is 0 Å². The maximum absolute atomic E-state index is 0. The fourth-order valence-corrected chi connectivity index (χ4v) is 0. The first-order valence-corrected chi connectivity index (χ1v) is 0. The van der Waals surface area contributed by atoms with E-state index in [2.05, 4.69) is 0 Å². The summed E-state index contributed by atoms with van der Waals surface area (Å²) in [4.78, 5) is 0. The van der Waals surface area contributed by atoms with Gasteiger partial charge in [-0.1, -0.05) is 0 Å². The maximum Gasteiger partial charge on any atom is 2.00 e. The fraction of sp³-hybridized carbons (Fsp3) is 0. The van der Waals surface area contributed by atoms with Gasteiger partial charge in [0.15, 0.2) is 0 Å². The van der Waals surface area contributed by atoms with E-state index < -0.39 is 0 Å². The molecule has 0 fully saturated rings. The van der Waals surface area contributed by atoms with Gasteiger partial charge in [-0.3, -0.25) is 0 Å². The molecule has 0 aliphatic heterocycles. The minimum atomic E-state index is 0. The molecule has 0 amide bonds. The van der Waals surface area contributed by atoms with E-state index in [0.717, 1.165) is 0 Å². The Bertz CT molecular complexity index is 10.8. The first-order valence-electron chi connectivity index (χ1n) is 0. The van der Waals surface area contributed by atoms with Crippen molar-refractivity contribution in [2.75, 3.05) is 0 Å². The smallest absolute Gasteiger partial charge is 2.00 e. The second-order valence-corrected chi connectivity index (χ2v) is 0. The van der Waals surface area contributed by atoms with Crippen molar-refractivity contribution < 1.29 is 45.9 Å². The Morgan fingerprint density at radius 3 is 1.00 bits per heavy atom. The second-order valence-electron chi connectivity index (χ2n) is 0. The molecule has 0 aliphatic carbocycles. The average molecular weight is 167 g/mol. The van der Waals surface area contributed by atoms with Gasteiger partial charge in [0.1, 0.15) is 0 Å². The first kappa shape index (κ1) is 147. The summed E-state index contributed by atoms with van der Waals surface area (Å²) in [5, 5.41) is 0. The van der Waals surface area contributed by atoms with Crippen LogP contribution in [0.3, 0.4) is 0 Å². The number of halogens is 1. The molecule has 0 radical (unpaired) electrons. The second kappa shape index (κ2) is 90.7. The molecule has 0 rings (SSSR count). The molecule has 38 valence electrons. The molecule has 0 heterocycles. The van der Waals surface area contributed by atoms with E-state index in [-0.39, 0.29) is 69.0 Å². The van der Waals surface area contributed by atoms with Crippen molar-refractivity contribution in [3.05, 3.63) is 0 Å². The summed E-state index contributed by atoms with van der Waals surface area (Å²) < 4.78 is 0. The van der Waals surface area contributed by atoms with E-state index in [1.54, 1.807) is 0 Å². The van der Waals surface area contributed by atoms with Crippen LogP contribution in [0.2, 0.25) is 0 Å². The molecule has 0 spiro atoms. The average Bonchev–Trinajstić information content (AvgIpc) is 0. The van der Waals surface area contributed by atoms with E-state index >= 15 is 0 Å². The van der Waals surface area contributed by atoms with Crippen LogP contribution in [-0.4, -0.2) is 34.0 Å². The Morgan fingerprint density at radius 2 is 1.00 bits per heavy atom. The Labute approximate surface area is 68.8 Å². The van der Waals surface area contributed by atoms with Gasteiger partial charge in [0.05, 0.1) is 0 Å². The Hall–Kier alpha value is 1.46. The van der Waals surface area contributed by atoms with Crippen molar-refractivity contribution in [2.45, 2.75) is 0 Å². The summed E-state index contributed by atoms with van der Waals surface area (Å²) in [6.07, 6.45) is 0. The number of hydrogen-bond donors (Lipinski definition) is 0. The van der Waals surface area contributed by atoms with E-state index in [9.17, 15) is 0 Å². The minimum Gasteiger partial charge on any atom is -2.00 e. The van der Waals surface area contributed by atoms with Gasteiger partial charge in [0.25, 0.3) is 0 Å². The molecule has 0 saturated heterocycles. The Morgan fingerprint density at radius 1 is 1.00 bits per heavy atom. The zero-order chi connectivity index (χ0) is 0. The third-order valence-corrected chi connectivity index (χ3v) is 0. The minimum absolute atomic E-state index is 0. The van der Waals surface area contributed by atoms with Crippen molar-refractivity contribution in [1.29, 1.82) is 0 Å². The summed E-state index contributed by atoms with van der Waals surface area (Å²) in [6, 6.07) is 0. The van der Waals surface area contributed by atoms with E-state index in [0.29, 0.717) is 0 Å². The van der Waals surface area contributed by atoms with Gasteiger partial charge in [-0.25, -0.2) is 0 Å². The SMILES string of the molecule is O.[Cl-].[Fe+2].[Mg+2].[O-2].[OH-]. The van der Waals surface area contributed by atoms with Crippen LogP contribution >= 0.6 is 0 Å². The molecule has 0 unspecified atom stereocenters. The van der Waals surface area contributed by atoms with Gasteiger partial charge in [-0.15, -0.1) is 0 Å². The molecule has 0 bridgehead atoms. The molecule has 0 aromatic carbocycles. The molecule has 3 N–H and O–H groups in total. The predicted molar refractivity (Wildman–Crippen MR) is 12.0 cm³/mol. The molecular weight excluding hydrogens is 164 g/mol. The van der Waals surface area contributed by atoms with Crippen LogP contribution in [0.15, 0.2) is 0 Å². The largest absolute Gasteiger partial charge is 2.00 e. The van der Waals surface area contributed by atoms with Crippen LogP contribution in [0.5, 0.6) is 0 Å². The Kier molecular flexibility index (Phi) is 2220. The van der Waals surface area contributed by atoms with E-state index in [1.807, 2.05) is 0 Å². The molecule has 6 heavy (non-hydrogen) atoms. The van der Waals surface area contributed by atoms with Gasteiger partial charge < -0.3 is 28.8 Å². The van der Waals surface area contributed by atoms with Crippen molar-refractivity contribution in [1.82, 2.24) is 0 Å². The zero-order valence-electron chi connectivity index (χ0n) is 2.79. The predicted octanol–water partition coefficient (Wildman–Crippen LogP) is -4.50. The molecule has 0 atom stereocenters. The van der Waals surface area contributed by atoms with Gasteiger partial charge >= 0.3 is 40.1 Å². The van der Waals surface area contributed by atoms with Crippen LogP contribution in [0.4, 0.5) is 0 Å². The summed E-state index contributed by atoms with van der Waals surface area (Å²) in [7, 11) is 0. The summed E-state index contributed by atoms with van der Waals surface area (Å²) in [6.45, 7) is 0. The third kappa shape index (κ3) is 51.1. The van der Waals surface area contributed by atoms with Crippen molar-refractivity contribution in [3.63, 3.8) is 0 Å². The Balaban J connectivity index is 0. The topological polar surface area (TPSA) is 90.0 Å². The molecule has 3 nitrogen and oxygen atoms in total.